The number of ether oxygens (including phenoxy) is 1. The van der Waals surface area contributed by atoms with Gasteiger partial charge in [0.15, 0.2) is 0 Å². The Morgan fingerprint density at radius 2 is 1.95 bits per heavy atom. The van der Waals surface area contributed by atoms with Crippen LogP contribution in [0, 0.1) is 17.3 Å². The molecule has 1 N–H and O–H groups in total. The number of rotatable bonds is 1. The van der Waals surface area contributed by atoms with Crippen LogP contribution in [0.15, 0.2) is 18.2 Å². The zero-order valence-corrected chi connectivity index (χ0v) is 14.1. The molecule has 3 aliphatic rings. The maximum atomic E-state index is 10.9. The molecule has 0 saturated heterocycles. The number of benzene rings is 1. The average Bonchev–Trinajstić information content (AvgIpc) is 2.76. The molecule has 5 atom stereocenters. The Labute approximate surface area is 133 Å². The van der Waals surface area contributed by atoms with E-state index >= 15 is 0 Å². The SMILES string of the molecule is COc1ccc2c(c1)CCC1C2CCC2(C)C1CC[C@]2(C)O. The van der Waals surface area contributed by atoms with Crippen LogP contribution in [0.2, 0.25) is 0 Å². The molecule has 0 spiro atoms. The van der Waals surface area contributed by atoms with E-state index in [0.29, 0.717) is 11.8 Å². The second kappa shape index (κ2) is 4.74. The quantitative estimate of drug-likeness (QED) is 0.838. The lowest BCUT2D eigenvalue weighted by Crippen LogP contribution is -2.49. The molecule has 4 rings (SSSR count). The molecule has 120 valence electrons. The molecule has 3 aliphatic carbocycles. The normalized spacial score (nSPS) is 43.2. The highest BCUT2D eigenvalue weighted by Gasteiger charge is 2.59. The van der Waals surface area contributed by atoms with Gasteiger partial charge in [0.2, 0.25) is 0 Å². The van der Waals surface area contributed by atoms with Crippen molar-refractivity contribution in [1.82, 2.24) is 0 Å². The molecule has 0 aromatic heterocycles. The minimum absolute atomic E-state index is 0.123. The predicted octanol–water partition coefficient (Wildman–Crippen LogP) is 4.30. The van der Waals surface area contributed by atoms with E-state index in [1.54, 1.807) is 12.7 Å². The molecule has 0 heterocycles. The van der Waals surface area contributed by atoms with E-state index in [9.17, 15) is 5.11 Å². The van der Waals surface area contributed by atoms with Crippen LogP contribution in [0.3, 0.4) is 0 Å². The second-order valence-corrected chi connectivity index (χ2v) is 8.25. The number of aliphatic hydroxyl groups is 1. The Hall–Kier alpha value is -1.02. The summed E-state index contributed by atoms with van der Waals surface area (Å²) in [6.07, 6.45) is 7.02. The summed E-state index contributed by atoms with van der Waals surface area (Å²) in [5, 5.41) is 10.9. The third-order valence-electron chi connectivity index (χ3n) is 7.50. The van der Waals surface area contributed by atoms with Crippen molar-refractivity contribution in [1.29, 1.82) is 0 Å². The van der Waals surface area contributed by atoms with E-state index in [2.05, 4.69) is 32.0 Å². The van der Waals surface area contributed by atoms with Crippen LogP contribution in [0.25, 0.3) is 0 Å². The lowest BCUT2D eigenvalue weighted by molar-refractivity contribution is -0.0901. The van der Waals surface area contributed by atoms with Gasteiger partial charge >= 0.3 is 0 Å². The van der Waals surface area contributed by atoms with E-state index in [1.165, 1.54) is 31.2 Å². The first-order valence-corrected chi connectivity index (χ1v) is 8.85. The van der Waals surface area contributed by atoms with Gasteiger partial charge in [-0.1, -0.05) is 13.0 Å². The summed E-state index contributed by atoms with van der Waals surface area (Å²) in [5.74, 6) is 3.13. The van der Waals surface area contributed by atoms with Crippen molar-refractivity contribution in [2.24, 2.45) is 17.3 Å². The summed E-state index contributed by atoms with van der Waals surface area (Å²) in [7, 11) is 1.75. The van der Waals surface area contributed by atoms with Gasteiger partial charge in [0.1, 0.15) is 5.75 Å². The number of aryl methyl sites for hydroxylation is 1. The molecule has 2 saturated carbocycles. The molecule has 1 aromatic carbocycles. The standard InChI is InChI=1S/C20H28O2/c1-19-10-8-16-15-7-5-14(22-3)12-13(15)4-6-17(16)18(19)9-11-20(19,2)21/h5,7,12,16-18,21H,4,6,8-11H2,1-3H3/t16?,17?,18?,19?,20-/m0/s1. The third kappa shape index (κ3) is 1.83. The van der Waals surface area contributed by atoms with Gasteiger partial charge in [-0.15, -0.1) is 0 Å². The van der Waals surface area contributed by atoms with E-state index in [-0.39, 0.29) is 5.41 Å². The summed E-state index contributed by atoms with van der Waals surface area (Å²) >= 11 is 0. The predicted molar refractivity (Wildman–Crippen MR) is 88.2 cm³/mol. The van der Waals surface area contributed by atoms with Gasteiger partial charge < -0.3 is 9.84 Å². The molecule has 0 amide bonds. The summed E-state index contributed by atoms with van der Waals surface area (Å²) in [5.41, 5.74) is 2.71. The van der Waals surface area contributed by atoms with Gasteiger partial charge in [-0.25, -0.2) is 0 Å². The van der Waals surface area contributed by atoms with Gasteiger partial charge in [-0.05, 0) is 91.9 Å². The Balaban J connectivity index is 1.69. The molecule has 1 aromatic rings. The van der Waals surface area contributed by atoms with Crippen molar-refractivity contribution < 1.29 is 9.84 Å². The van der Waals surface area contributed by atoms with E-state index in [0.717, 1.165) is 24.5 Å². The number of hydrogen-bond acceptors (Lipinski definition) is 2. The minimum Gasteiger partial charge on any atom is -0.497 e. The number of methoxy groups -OCH3 is 1. The molecule has 2 heteroatoms. The molecule has 0 bridgehead atoms. The molecule has 4 unspecified atom stereocenters. The minimum atomic E-state index is -0.469. The molecular formula is C20H28O2. The molecule has 2 fully saturated rings. The zero-order valence-electron chi connectivity index (χ0n) is 14.1. The van der Waals surface area contributed by atoms with Crippen molar-refractivity contribution in [2.75, 3.05) is 7.11 Å². The number of hydrogen-bond donors (Lipinski definition) is 1. The zero-order chi connectivity index (χ0) is 15.5. The molecule has 0 aliphatic heterocycles. The monoisotopic (exact) mass is 300 g/mol. The van der Waals surface area contributed by atoms with Gasteiger partial charge in [0.25, 0.3) is 0 Å². The van der Waals surface area contributed by atoms with Crippen LogP contribution >= 0.6 is 0 Å². The van der Waals surface area contributed by atoms with Crippen molar-refractivity contribution >= 4 is 0 Å². The van der Waals surface area contributed by atoms with Crippen LogP contribution in [-0.4, -0.2) is 17.8 Å². The smallest absolute Gasteiger partial charge is 0.119 e. The highest BCUT2D eigenvalue weighted by Crippen LogP contribution is 2.64. The Kier molecular flexibility index (Phi) is 3.14. The molecule has 2 nitrogen and oxygen atoms in total. The van der Waals surface area contributed by atoms with Crippen molar-refractivity contribution in [3.05, 3.63) is 29.3 Å². The Morgan fingerprint density at radius 1 is 1.14 bits per heavy atom. The summed E-state index contributed by atoms with van der Waals surface area (Å²) in [4.78, 5) is 0. The Bertz CT molecular complexity index is 591. The highest BCUT2D eigenvalue weighted by molar-refractivity contribution is 5.40. The first-order chi connectivity index (χ1) is 10.5. The van der Waals surface area contributed by atoms with Crippen LogP contribution in [-0.2, 0) is 6.42 Å². The maximum absolute atomic E-state index is 10.9. The van der Waals surface area contributed by atoms with Crippen LogP contribution in [0.4, 0.5) is 0 Å². The fourth-order valence-electron chi connectivity index (χ4n) is 5.93. The van der Waals surface area contributed by atoms with Gasteiger partial charge in [0.05, 0.1) is 12.7 Å². The second-order valence-electron chi connectivity index (χ2n) is 8.25. The molecule has 0 radical (unpaired) electrons. The third-order valence-corrected chi connectivity index (χ3v) is 7.50. The summed E-state index contributed by atoms with van der Waals surface area (Å²) < 4.78 is 5.40. The van der Waals surface area contributed by atoms with Gasteiger partial charge in [-0.3, -0.25) is 0 Å². The van der Waals surface area contributed by atoms with Crippen LogP contribution < -0.4 is 4.74 Å². The van der Waals surface area contributed by atoms with Crippen LogP contribution in [0.5, 0.6) is 5.75 Å². The first-order valence-electron chi connectivity index (χ1n) is 8.85. The van der Waals surface area contributed by atoms with E-state index < -0.39 is 5.60 Å². The van der Waals surface area contributed by atoms with Gasteiger partial charge in [-0.2, -0.15) is 0 Å². The van der Waals surface area contributed by atoms with Crippen molar-refractivity contribution in [3.63, 3.8) is 0 Å². The van der Waals surface area contributed by atoms with E-state index in [1.807, 2.05) is 0 Å². The lowest BCUT2D eigenvalue weighted by Gasteiger charge is -2.52. The molecule has 22 heavy (non-hydrogen) atoms. The first kappa shape index (κ1) is 14.6. The fourth-order valence-corrected chi connectivity index (χ4v) is 5.93. The number of fused-ring (bicyclic) bond motifs is 5. The Morgan fingerprint density at radius 3 is 2.73 bits per heavy atom. The topological polar surface area (TPSA) is 29.5 Å². The average molecular weight is 300 g/mol. The lowest BCUT2D eigenvalue weighted by atomic mass is 9.53. The van der Waals surface area contributed by atoms with Gasteiger partial charge in [0, 0.05) is 0 Å². The van der Waals surface area contributed by atoms with E-state index in [4.69, 9.17) is 4.74 Å². The summed E-state index contributed by atoms with van der Waals surface area (Å²) in [6.45, 7) is 4.43. The van der Waals surface area contributed by atoms with Crippen LogP contribution in [0.1, 0.15) is 63.0 Å². The maximum Gasteiger partial charge on any atom is 0.119 e. The largest absolute Gasteiger partial charge is 0.497 e. The summed E-state index contributed by atoms with van der Waals surface area (Å²) in [6, 6.07) is 6.67. The molecular weight excluding hydrogens is 272 g/mol. The fraction of sp³-hybridized carbons (Fsp3) is 0.700. The van der Waals surface area contributed by atoms with Crippen molar-refractivity contribution in [2.45, 2.75) is 63.9 Å². The van der Waals surface area contributed by atoms with Crippen molar-refractivity contribution in [3.8, 4) is 5.75 Å². The highest BCUT2D eigenvalue weighted by atomic mass is 16.5.